The molecule has 2 aliphatic heterocycles. The van der Waals surface area contributed by atoms with Crippen LogP contribution in [0.25, 0.3) is 0 Å². The van der Waals surface area contributed by atoms with Gasteiger partial charge in [-0.05, 0) is 69.1 Å². The average molecular weight is 387 g/mol. The SMILES string of the molecule is c1ccc(CCCN2CCC(C3Oc4ccccc4Cn4cccc43)CC2)cc1. The number of para-hydroxylation sites is 1. The molecule has 3 nitrogen and oxygen atoms in total. The number of hydrogen-bond acceptors (Lipinski definition) is 2. The van der Waals surface area contributed by atoms with Gasteiger partial charge in [-0.15, -0.1) is 0 Å². The first-order valence-corrected chi connectivity index (χ1v) is 11.0. The molecule has 1 atom stereocenters. The molecule has 0 N–H and O–H groups in total. The van der Waals surface area contributed by atoms with Crippen molar-refractivity contribution >= 4 is 0 Å². The Labute approximate surface area is 173 Å². The second-order valence-corrected chi connectivity index (χ2v) is 8.48. The summed E-state index contributed by atoms with van der Waals surface area (Å²) in [5, 5.41) is 0. The maximum atomic E-state index is 6.62. The molecule has 0 radical (unpaired) electrons. The van der Waals surface area contributed by atoms with E-state index in [2.05, 4.69) is 82.4 Å². The highest BCUT2D eigenvalue weighted by atomic mass is 16.5. The molecule has 0 aliphatic carbocycles. The largest absolute Gasteiger partial charge is 0.484 e. The Kier molecular flexibility index (Phi) is 5.40. The van der Waals surface area contributed by atoms with Gasteiger partial charge >= 0.3 is 0 Å². The maximum Gasteiger partial charge on any atom is 0.141 e. The molecular weight excluding hydrogens is 356 g/mol. The van der Waals surface area contributed by atoms with E-state index >= 15 is 0 Å². The predicted octanol–water partition coefficient (Wildman–Crippen LogP) is 5.31. The fraction of sp³-hybridized carbons (Fsp3) is 0.385. The number of nitrogens with zero attached hydrogens (tertiary/aromatic N) is 2. The molecule has 3 heteroatoms. The maximum absolute atomic E-state index is 6.62. The highest BCUT2D eigenvalue weighted by molar-refractivity contribution is 5.36. The third-order valence-corrected chi connectivity index (χ3v) is 6.57. The zero-order chi connectivity index (χ0) is 19.5. The van der Waals surface area contributed by atoms with Gasteiger partial charge in [-0.2, -0.15) is 0 Å². The Hall–Kier alpha value is -2.52. The molecule has 3 aromatic rings. The van der Waals surface area contributed by atoms with Crippen molar-refractivity contribution in [1.82, 2.24) is 9.47 Å². The molecule has 1 aromatic heterocycles. The number of aryl methyl sites for hydroxylation is 1. The minimum absolute atomic E-state index is 0.167. The first kappa shape index (κ1) is 18.5. The third kappa shape index (κ3) is 4.11. The standard InChI is InChI=1S/C26H30N2O/c1-2-8-21(9-3-1)10-6-16-27-18-14-22(15-19-27)26-24-12-7-17-28(24)20-23-11-4-5-13-25(23)29-26/h1-5,7-9,11-13,17,22,26H,6,10,14-16,18-20H2. The molecule has 2 aromatic carbocycles. The van der Waals surface area contributed by atoms with Gasteiger partial charge in [-0.25, -0.2) is 0 Å². The summed E-state index contributed by atoms with van der Waals surface area (Å²) < 4.78 is 8.99. The van der Waals surface area contributed by atoms with E-state index in [0.717, 1.165) is 12.3 Å². The summed E-state index contributed by atoms with van der Waals surface area (Å²) in [6, 6.07) is 23.8. The van der Waals surface area contributed by atoms with Crippen LogP contribution in [0.15, 0.2) is 72.9 Å². The van der Waals surface area contributed by atoms with Crippen molar-refractivity contribution in [2.24, 2.45) is 5.92 Å². The molecule has 150 valence electrons. The zero-order valence-electron chi connectivity index (χ0n) is 17.0. The van der Waals surface area contributed by atoms with Gasteiger partial charge in [0.25, 0.3) is 0 Å². The Balaban J connectivity index is 1.20. The molecule has 0 spiro atoms. The van der Waals surface area contributed by atoms with Gasteiger partial charge in [0.15, 0.2) is 0 Å². The minimum Gasteiger partial charge on any atom is -0.484 e. The third-order valence-electron chi connectivity index (χ3n) is 6.57. The van der Waals surface area contributed by atoms with Crippen molar-refractivity contribution in [2.75, 3.05) is 19.6 Å². The van der Waals surface area contributed by atoms with Crippen LogP contribution < -0.4 is 4.74 Å². The summed E-state index contributed by atoms with van der Waals surface area (Å²) >= 11 is 0. The van der Waals surface area contributed by atoms with Gasteiger partial charge in [-0.1, -0.05) is 48.5 Å². The van der Waals surface area contributed by atoms with Crippen molar-refractivity contribution in [1.29, 1.82) is 0 Å². The molecule has 29 heavy (non-hydrogen) atoms. The van der Waals surface area contributed by atoms with Crippen molar-refractivity contribution in [3.8, 4) is 5.75 Å². The van der Waals surface area contributed by atoms with Gasteiger partial charge in [-0.3, -0.25) is 0 Å². The number of piperidine rings is 1. The van der Waals surface area contributed by atoms with Crippen LogP contribution in [0.2, 0.25) is 0 Å². The van der Waals surface area contributed by atoms with E-state index in [1.165, 1.54) is 62.1 Å². The fourth-order valence-electron chi connectivity index (χ4n) is 4.93. The molecule has 2 aliphatic rings. The highest BCUT2D eigenvalue weighted by Crippen LogP contribution is 2.38. The topological polar surface area (TPSA) is 17.4 Å². The summed E-state index contributed by atoms with van der Waals surface area (Å²) in [7, 11) is 0. The first-order valence-electron chi connectivity index (χ1n) is 11.0. The summed E-state index contributed by atoms with van der Waals surface area (Å²) in [6.07, 6.45) is 7.21. The van der Waals surface area contributed by atoms with Gasteiger partial charge in [0, 0.05) is 17.7 Å². The van der Waals surface area contributed by atoms with Crippen molar-refractivity contribution in [3.05, 3.63) is 89.7 Å². The van der Waals surface area contributed by atoms with Crippen LogP contribution in [0.1, 0.15) is 42.2 Å². The number of rotatable bonds is 5. The Morgan fingerprint density at radius 2 is 1.66 bits per heavy atom. The van der Waals surface area contributed by atoms with Crippen LogP contribution in [0.3, 0.4) is 0 Å². The van der Waals surface area contributed by atoms with Crippen molar-refractivity contribution in [3.63, 3.8) is 0 Å². The monoisotopic (exact) mass is 386 g/mol. The smallest absolute Gasteiger partial charge is 0.141 e. The summed E-state index contributed by atoms with van der Waals surface area (Å²) in [5.74, 6) is 1.65. The number of fused-ring (bicyclic) bond motifs is 2. The van der Waals surface area contributed by atoms with E-state index in [1.807, 2.05) is 0 Å². The zero-order valence-corrected chi connectivity index (χ0v) is 17.0. The van der Waals surface area contributed by atoms with Gasteiger partial charge in [0.05, 0.1) is 12.2 Å². The van der Waals surface area contributed by atoms with E-state index < -0.39 is 0 Å². The fourth-order valence-corrected chi connectivity index (χ4v) is 4.93. The Morgan fingerprint density at radius 3 is 2.52 bits per heavy atom. The Bertz CT molecular complexity index is 925. The lowest BCUT2D eigenvalue weighted by molar-refractivity contribution is 0.0737. The Morgan fingerprint density at radius 1 is 0.862 bits per heavy atom. The quantitative estimate of drug-likeness (QED) is 0.591. The molecule has 1 saturated heterocycles. The lowest BCUT2D eigenvalue weighted by Crippen LogP contribution is -2.37. The molecule has 0 saturated carbocycles. The average Bonchev–Trinajstić information content (AvgIpc) is 3.16. The van der Waals surface area contributed by atoms with Crippen LogP contribution in [0.5, 0.6) is 5.75 Å². The van der Waals surface area contributed by atoms with E-state index in [9.17, 15) is 0 Å². The number of aromatic nitrogens is 1. The van der Waals surface area contributed by atoms with Gasteiger partial charge in [0.1, 0.15) is 11.9 Å². The lowest BCUT2D eigenvalue weighted by atomic mass is 9.89. The van der Waals surface area contributed by atoms with Gasteiger partial charge < -0.3 is 14.2 Å². The van der Waals surface area contributed by atoms with E-state index in [0.29, 0.717) is 5.92 Å². The van der Waals surface area contributed by atoms with E-state index in [-0.39, 0.29) is 6.10 Å². The second-order valence-electron chi connectivity index (χ2n) is 8.48. The number of likely N-dealkylation sites (tertiary alicyclic amines) is 1. The summed E-state index contributed by atoms with van der Waals surface area (Å²) in [6.45, 7) is 4.48. The molecule has 1 fully saturated rings. The first-order chi connectivity index (χ1) is 14.4. The molecular formula is C26H30N2O. The molecule has 0 bridgehead atoms. The van der Waals surface area contributed by atoms with Crippen LogP contribution in [-0.4, -0.2) is 29.1 Å². The molecule has 5 rings (SSSR count). The second kappa shape index (κ2) is 8.46. The highest BCUT2D eigenvalue weighted by Gasteiger charge is 2.32. The van der Waals surface area contributed by atoms with E-state index in [1.54, 1.807) is 0 Å². The van der Waals surface area contributed by atoms with Crippen LogP contribution in [-0.2, 0) is 13.0 Å². The summed E-state index contributed by atoms with van der Waals surface area (Å²) in [4.78, 5) is 2.64. The van der Waals surface area contributed by atoms with Crippen LogP contribution >= 0.6 is 0 Å². The number of hydrogen-bond donors (Lipinski definition) is 0. The van der Waals surface area contributed by atoms with Crippen LogP contribution in [0.4, 0.5) is 0 Å². The molecule has 0 amide bonds. The molecule has 1 unspecified atom stereocenters. The van der Waals surface area contributed by atoms with E-state index in [4.69, 9.17) is 4.74 Å². The van der Waals surface area contributed by atoms with Crippen molar-refractivity contribution < 1.29 is 4.74 Å². The minimum atomic E-state index is 0.167. The summed E-state index contributed by atoms with van der Waals surface area (Å²) in [5.41, 5.74) is 4.07. The molecule has 3 heterocycles. The van der Waals surface area contributed by atoms with Crippen LogP contribution in [0, 0.1) is 5.92 Å². The van der Waals surface area contributed by atoms with Crippen molar-refractivity contribution in [2.45, 2.75) is 38.3 Å². The normalized spacial score (nSPS) is 19.8. The predicted molar refractivity (Wildman–Crippen MR) is 117 cm³/mol. The number of benzene rings is 2. The lowest BCUT2D eigenvalue weighted by Gasteiger charge is -2.36. The number of ether oxygens (including phenoxy) is 1. The van der Waals surface area contributed by atoms with Gasteiger partial charge in [0.2, 0.25) is 0 Å².